The van der Waals surface area contributed by atoms with Crippen LogP contribution in [-0.4, -0.2) is 45.6 Å². The van der Waals surface area contributed by atoms with E-state index in [4.69, 9.17) is 0 Å². The average molecular weight is 366 g/mol. The molecule has 1 aromatic carbocycles. The Balaban J connectivity index is 1.98. The van der Waals surface area contributed by atoms with Crippen molar-refractivity contribution in [3.8, 4) is 0 Å². The number of carbonyl (C=O) groups excluding carboxylic acids is 4. The Labute approximate surface area is 134 Å². The van der Waals surface area contributed by atoms with E-state index >= 15 is 0 Å². The lowest BCUT2D eigenvalue weighted by atomic mass is 10.0. The van der Waals surface area contributed by atoms with E-state index < -0.39 is 23.8 Å². The number of alkyl halides is 1. The van der Waals surface area contributed by atoms with Crippen LogP contribution >= 0.6 is 15.9 Å². The van der Waals surface area contributed by atoms with Crippen LogP contribution in [0.3, 0.4) is 0 Å². The number of halogens is 1. The molecule has 0 bridgehead atoms. The van der Waals surface area contributed by atoms with Crippen LogP contribution in [-0.2, 0) is 11.2 Å². The molecule has 7 nitrogen and oxygen atoms in total. The Kier molecular flexibility index (Phi) is 3.69. The standard InChI is InChI=1S/C14H12BrN3O4/c15-6-4-8-2-1-3-9-11(8)13(21)18(12(9)20)17-7-5-10(19)16-14(17)22/h1-3H,4-7H2,(H,16,19,22). The second-order valence-corrected chi connectivity index (χ2v) is 5.72. The molecule has 2 heterocycles. The molecule has 3 rings (SSSR count). The zero-order chi connectivity index (χ0) is 15.9. The molecule has 1 N–H and O–H groups in total. The minimum Gasteiger partial charge on any atom is -0.276 e. The van der Waals surface area contributed by atoms with Crippen LogP contribution in [0, 0.1) is 0 Å². The molecule has 0 atom stereocenters. The average Bonchev–Trinajstić information content (AvgIpc) is 2.73. The summed E-state index contributed by atoms with van der Waals surface area (Å²) < 4.78 is 0. The monoisotopic (exact) mass is 365 g/mol. The molecule has 0 spiro atoms. The van der Waals surface area contributed by atoms with Crippen LogP contribution in [0.25, 0.3) is 0 Å². The molecule has 1 fully saturated rings. The van der Waals surface area contributed by atoms with Gasteiger partial charge in [0.15, 0.2) is 0 Å². The van der Waals surface area contributed by atoms with Gasteiger partial charge in [0, 0.05) is 11.8 Å². The molecule has 0 unspecified atom stereocenters. The van der Waals surface area contributed by atoms with Gasteiger partial charge in [-0.2, -0.15) is 5.01 Å². The third kappa shape index (κ3) is 2.19. The maximum absolute atomic E-state index is 12.6. The molecule has 0 saturated carbocycles. The topological polar surface area (TPSA) is 86.8 Å². The minimum absolute atomic E-state index is 0.00388. The number of rotatable bonds is 3. The van der Waals surface area contributed by atoms with E-state index in [0.717, 1.165) is 15.6 Å². The Morgan fingerprint density at radius 2 is 1.91 bits per heavy atom. The summed E-state index contributed by atoms with van der Waals surface area (Å²) in [6.45, 7) is 0.00388. The van der Waals surface area contributed by atoms with Gasteiger partial charge in [0.05, 0.1) is 17.7 Å². The molecule has 8 heteroatoms. The fraction of sp³-hybridized carbons (Fsp3) is 0.286. The van der Waals surface area contributed by atoms with Gasteiger partial charge in [-0.05, 0) is 18.1 Å². The van der Waals surface area contributed by atoms with Gasteiger partial charge in [-0.25, -0.2) is 9.80 Å². The van der Waals surface area contributed by atoms with Gasteiger partial charge in [0.2, 0.25) is 5.91 Å². The number of imide groups is 2. The second-order valence-electron chi connectivity index (χ2n) is 4.93. The predicted octanol–water partition coefficient (Wildman–Crippen LogP) is 1.08. The number of hydrogen-bond acceptors (Lipinski definition) is 4. The van der Waals surface area contributed by atoms with E-state index in [0.29, 0.717) is 17.3 Å². The van der Waals surface area contributed by atoms with Crippen molar-refractivity contribution in [3.05, 3.63) is 34.9 Å². The number of amides is 5. The molecule has 114 valence electrons. The van der Waals surface area contributed by atoms with Crippen molar-refractivity contribution in [2.45, 2.75) is 12.8 Å². The van der Waals surface area contributed by atoms with E-state index in [9.17, 15) is 19.2 Å². The molecule has 22 heavy (non-hydrogen) atoms. The number of fused-ring (bicyclic) bond motifs is 1. The molecule has 5 amide bonds. The van der Waals surface area contributed by atoms with Crippen LogP contribution in [0.5, 0.6) is 0 Å². The second kappa shape index (κ2) is 5.53. The molecule has 0 aliphatic carbocycles. The molecule has 0 radical (unpaired) electrons. The normalized spacial score (nSPS) is 17.9. The van der Waals surface area contributed by atoms with Gasteiger partial charge >= 0.3 is 6.03 Å². The maximum atomic E-state index is 12.6. The summed E-state index contributed by atoms with van der Waals surface area (Å²) in [7, 11) is 0. The lowest BCUT2D eigenvalue weighted by Gasteiger charge is -2.32. The Hall–Kier alpha value is -2.22. The SMILES string of the molecule is O=C1CCN(N2C(=O)c3cccc(CCBr)c3C2=O)C(=O)N1. The van der Waals surface area contributed by atoms with Crippen molar-refractivity contribution in [2.24, 2.45) is 0 Å². The van der Waals surface area contributed by atoms with Crippen molar-refractivity contribution < 1.29 is 19.2 Å². The number of urea groups is 1. The van der Waals surface area contributed by atoms with Crippen LogP contribution in [0.1, 0.15) is 32.7 Å². The van der Waals surface area contributed by atoms with E-state index in [-0.39, 0.29) is 18.5 Å². The largest absolute Gasteiger partial charge is 0.343 e. The molecular weight excluding hydrogens is 354 g/mol. The van der Waals surface area contributed by atoms with Gasteiger partial charge in [0.25, 0.3) is 11.8 Å². The first-order valence-electron chi connectivity index (χ1n) is 6.72. The summed E-state index contributed by atoms with van der Waals surface area (Å²) in [5.74, 6) is -1.49. The van der Waals surface area contributed by atoms with Gasteiger partial charge in [-0.1, -0.05) is 28.1 Å². The first-order chi connectivity index (χ1) is 10.5. The van der Waals surface area contributed by atoms with E-state index in [1.165, 1.54) is 0 Å². The smallest absolute Gasteiger partial charge is 0.276 e. The lowest BCUT2D eigenvalue weighted by molar-refractivity contribution is -0.122. The van der Waals surface area contributed by atoms with Crippen LogP contribution in [0.2, 0.25) is 0 Å². The summed E-state index contributed by atoms with van der Waals surface area (Å²) in [6, 6.07) is 4.31. The summed E-state index contributed by atoms with van der Waals surface area (Å²) in [5.41, 5.74) is 1.37. The summed E-state index contributed by atoms with van der Waals surface area (Å²) >= 11 is 3.32. The molecular formula is C14H12BrN3O4. The number of benzene rings is 1. The molecule has 2 aliphatic rings. The minimum atomic E-state index is -0.757. The van der Waals surface area contributed by atoms with Gasteiger partial charge in [-0.15, -0.1) is 0 Å². The van der Waals surface area contributed by atoms with Crippen molar-refractivity contribution in [1.82, 2.24) is 15.3 Å². The fourth-order valence-electron chi connectivity index (χ4n) is 2.62. The van der Waals surface area contributed by atoms with Crippen LogP contribution in [0.4, 0.5) is 4.79 Å². The van der Waals surface area contributed by atoms with E-state index in [1.54, 1.807) is 18.2 Å². The van der Waals surface area contributed by atoms with Crippen molar-refractivity contribution >= 4 is 39.7 Å². The number of hydrogen-bond donors (Lipinski definition) is 1. The number of aryl methyl sites for hydroxylation is 1. The fourth-order valence-corrected chi connectivity index (χ4v) is 3.05. The molecule has 0 aromatic heterocycles. The third-order valence-electron chi connectivity index (χ3n) is 3.62. The zero-order valence-electron chi connectivity index (χ0n) is 11.5. The summed E-state index contributed by atoms with van der Waals surface area (Å²) in [4.78, 5) is 48.2. The lowest BCUT2D eigenvalue weighted by Crippen LogP contribution is -2.58. The van der Waals surface area contributed by atoms with Crippen molar-refractivity contribution in [1.29, 1.82) is 0 Å². The highest BCUT2D eigenvalue weighted by atomic mass is 79.9. The molecule has 1 saturated heterocycles. The van der Waals surface area contributed by atoms with Gasteiger partial charge in [0.1, 0.15) is 0 Å². The van der Waals surface area contributed by atoms with Crippen molar-refractivity contribution in [3.63, 3.8) is 0 Å². The maximum Gasteiger partial charge on any atom is 0.343 e. The Morgan fingerprint density at radius 1 is 1.14 bits per heavy atom. The highest BCUT2D eigenvalue weighted by molar-refractivity contribution is 9.09. The summed E-state index contributed by atoms with van der Waals surface area (Å²) in [5, 5.41) is 4.58. The Bertz CT molecular complexity index is 703. The number of nitrogens with zero attached hydrogens (tertiary/aromatic N) is 2. The van der Waals surface area contributed by atoms with E-state index in [1.807, 2.05) is 0 Å². The predicted molar refractivity (Wildman–Crippen MR) is 79.3 cm³/mol. The van der Waals surface area contributed by atoms with Gasteiger partial charge in [-0.3, -0.25) is 19.7 Å². The van der Waals surface area contributed by atoms with Crippen molar-refractivity contribution in [2.75, 3.05) is 11.9 Å². The first-order valence-corrected chi connectivity index (χ1v) is 7.84. The zero-order valence-corrected chi connectivity index (χ0v) is 13.1. The number of hydrazine groups is 1. The molecule has 1 aromatic rings. The first kappa shape index (κ1) is 14.7. The number of carbonyl (C=O) groups is 4. The summed E-state index contributed by atoms with van der Waals surface area (Å²) in [6.07, 6.45) is 0.647. The highest BCUT2D eigenvalue weighted by Gasteiger charge is 2.43. The quantitative estimate of drug-likeness (QED) is 0.641. The Morgan fingerprint density at radius 3 is 2.59 bits per heavy atom. The van der Waals surface area contributed by atoms with Crippen LogP contribution < -0.4 is 5.32 Å². The third-order valence-corrected chi connectivity index (χ3v) is 4.01. The highest BCUT2D eigenvalue weighted by Crippen LogP contribution is 2.28. The van der Waals surface area contributed by atoms with Crippen LogP contribution in [0.15, 0.2) is 18.2 Å². The van der Waals surface area contributed by atoms with Gasteiger partial charge < -0.3 is 0 Å². The number of nitrogens with one attached hydrogen (secondary N) is 1. The molecule has 2 aliphatic heterocycles. The van der Waals surface area contributed by atoms with E-state index in [2.05, 4.69) is 21.2 Å².